The Morgan fingerprint density at radius 3 is 2.50 bits per heavy atom. The van der Waals surface area contributed by atoms with Crippen LogP contribution in [0.4, 0.5) is 4.79 Å². The van der Waals surface area contributed by atoms with Crippen LogP contribution in [0.15, 0.2) is 0 Å². The van der Waals surface area contributed by atoms with Crippen molar-refractivity contribution in [3.05, 3.63) is 0 Å². The molecular weight excluding hydrogens is 234 g/mol. The largest absolute Gasteiger partial charge is 0.480 e. The van der Waals surface area contributed by atoms with E-state index in [4.69, 9.17) is 10.8 Å². The Hall–Kier alpha value is -1.30. The van der Waals surface area contributed by atoms with E-state index >= 15 is 0 Å². The van der Waals surface area contributed by atoms with Crippen LogP contribution < -0.4 is 5.73 Å². The third-order valence-electron chi connectivity index (χ3n) is 3.66. The van der Waals surface area contributed by atoms with Gasteiger partial charge in [-0.2, -0.15) is 0 Å². The van der Waals surface area contributed by atoms with Gasteiger partial charge in [0.1, 0.15) is 6.54 Å². The van der Waals surface area contributed by atoms with Crippen molar-refractivity contribution in [2.75, 3.05) is 32.7 Å². The van der Waals surface area contributed by atoms with Gasteiger partial charge in [0.2, 0.25) is 0 Å². The van der Waals surface area contributed by atoms with E-state index in [1.165, 1.54) is 4.90 Å². The first-order valence-electron chi connectivity index (χ1n) is 6.56. The molecule has 1 saturated carbocycles. The lowest BCUT2D eigenvalue weighted by molar-refractivity contribution is -0.137. The summed E-state index contributed by atoms with van der Waals surface area (Å²) in [7, 11) is 0. The van der Waals surface area contributed by atoms with E-state index in [1.54, 1.807) is 4.90 Å². The molecule has 2 fully saturated rings. The zero-order valence-corrected chi connectivity index (χ0v) is 10.5. The van der Waals surface area contributed by atoms with Crippen LogP contribution in [0, 0.1) is 11.8 Å². The molecule has 0 aromatic carbocycles. The number of hydrogen-bond donors (Lipinski definition) is 2. The van der Waals surface area contributed by atoms with Crippen molar-refractivity contribution < 1.29 is 14.7 Å². The molecular formula is C12H21N3O3. The highest BCUT2D eigenvalue weighted by Crippen LogP contribution is 2.30. The molecule has 2 amide bonds. The Bertz CT molecular complexity index is 331. The van der Waals surface area contributed by atoms with Crippen LogP contribution in [0.5, 0.6) is 0 Å². The van der Waals surface area contributed by atoms with Crippen LogP contribution >= 0.6 is 0 Å². The molecule has 18 heavy (non-hydrogen) atoms. The van der Waals surface area contributed by atoms with Crippen molar-refractivity contribution >= 4 is 12.0 Å². The molecule has 6 heteroatoms. The summed E-state index contributed by atoms with van der Waals surface area (Å²) >= 11 is 0. The fourth-order valence-corrected chi connectivity index (χ4v) is 2.38. The Morgan fingerprint density at radius 2 is 2.00 bits per heavy atom. The summed E-state index contributed by atoms with van der Waals surface area (Å²) in [5.74, 6) is -0.0821. The number of likely N-dealkylation sites (tertiary alicyclic amines) is 1. The lowest BCUT2D eigenvalue weighted by atomic mass is 10.1. The lowest BCUT2D eigenvalue weighted by Crippen LogP contribution is -2.45. The molecule has 102 valence electrons. The highest BCUT2D eigenvalue weighted by Gasteiger charge is 2.33. The van der Waals surface area contributed by atoms with Crippen molar-refractivity contribution in [1.82, 2.24) is 9.80 Å². The summed E-state index contributed by atoms with van der Waals surface area (Å²) in [5.41, 5.74) is 5.60. The summed E-state index contributed by atoms with van der Waals surface area (Å²) in [6, 6.07) is -0.139. The van der Waals surface area contributed by atoms with E-state index in [0.717, 1.165) is 19.3 Å². The number of nitrogens with zero attached hydrogens (tertiary/aromatic N) is 2. The standard InChI is InChI=1S/C12H21N3O3/c13-5-10-3-4-14(7-10)12(18)15(8-11(16)17)6-9-1-2-9/h9-10H,1-8,13H2,(H,16,17). The van der Waals surface area contributed by atoms with Gasteiger partial charge in [-0.15, -0.1) is 0 Å². The molecule has 1 saturated heterocycles. The van der Waals surface area contributed by atoms with Gasteiger partial charge in [0, 0.05) is 19.6 Å². The van der Waals surface area contributed by atoms with Crippen LogP contribution in [0.1, 0.15) is 19.3 Å². The topological polar surface area (TPSA) is 86.9 Å². The molecule has 2 rings (SSSR count). The number of urea groups is 1. The van der Waals surface area contributed by atoms with Gasteiger partial charge in [0.25, 0.3) is 0 Å². The molecule has 1 aliphatic heterocycles. The van der Waals surface area contributed by atoms with Crippen LogP contribution in [0.3, 0.4) is 0 Å². The number of carboxylic acid groups (broad SMARTS) is 1. The van der Waals surface area contributed by atoms with E-state index in [-0.39, 0.29) is 12.6 Å². The number of amides is 2. The quantitative estimate of drug-likeness (QED) is 0.734. The number of carbonyl (C=O) groups excluding carboxylic acids is 1. The van der Waals surface area contributed by atoms with Crippen LogP contribution in [0.2, 0.25) is 0 Å². The van der Waals surface area contributed by atoms with Gasteiger partial charge in [-0.25, -0.2) is 4.79 Å². The lowest BCUT2D eigenvalue weighted by Gasteiger charge is -2.26. The fourth-order valence-electron chi connectivity index (χ4n) is 2.38. The molecule has 3 N–H and O–H groups in total. The number of aliphatic carboxylic acids is 1. The summed E-state index contributed by atoms with van der Waals surface area (Å²) < 4.78 is 0. The Balaban J connectivity index is 1.91. The second-order valence-electron chi connectivity index (χ2n) is 5.34. The third kappa shape index (κ3) is 3.35. The maximum absolute atomic E-state index is 12.3. The van der Waals surface area contributed by atoms with E-state index in [2.05, 4.69) is 0 Å². The van der Waals surface area contributed by atoms with Crippen molar-refractivity contribution in [3.8, 4) is 0 Å². The highest BCUT2D eigenvalue weighted by molar-refractivity contribution is 5.80. The molecule has 0 bridgehead atoms. The zero-order chi connectivity index (χ0) is 13.1. The number of carboxylic acids is 1. The van der Waals surface area contributed by atoms with Crippen LogP contribution in [-0.2, 0) is 4.79 Å². The van der Waals surface area contributed by atoms with E-state index < -0.39 is 5.97 Å². The van der Waals surface area contributed by atoms with Gasteiger partial charge >= 0.3 is 12.0 Å². The Kier molecular flexibility index (Phi) is 4.06. The maximum atomic E-state index is 12.3. The highest BCUT2D eigenvalue weighted by atomic mass is 16.4. The summed E-state index contributed by atoms with van der Waals surface area (Å²) in [4.78, 5) is 26.3. The number of rotatable bonds is 5. The third-order valence-corrected chi connectivity index (χ3v) is 3.66. The van der Waals surface area contributed by atoms with Crippen molar-refractivity contribution in [2.45, 2.75) is 19.3 Å². The molecule has 0 radical (unpaired) electrons. The van der Waals surface area contributed by atoms with Gasteiger partial charge in [-0.1, -0.05) is 0 Å². The monoisotopic (exact) mass is 255 g/mol. The van der Waals surface area contributed by atoms with Gasteiger partial charge < -0.3 is 20.6 Å². The minimum atomic E-state index is -0.946. The number of nitrogens with two attached hydrogens (primary N) is 1. The van der Waals surface area contributed by atoms with Crippen LogP contribution in [0.25, 0.3) is 0 Å². The molecule has 1 unspecified atom stereocenters. The van der Waals surface area contributed by atoms with Gasteiger partial charge in [-0.3, -0.25) is 4.79 Å². The molecule has 1 heterocycles. The Morgan fingerprint density at radius 1 is 1.28 bits per heavy atom. The maximum Gasteiger partial charge on any atom is 0.323 e. The SMILES string of the molecule is NCC1CCN(C(=O)N(CC(=O)O)CC2CC2)C1. The zero-order valence-electron chi connectivity index (χ0n) is 10.5. The predicted molar refractivity (Wildman–Crippen MR) is 66.1 cm³/mol. The Labute approximate surface area is 107 Å². The van der Waals surface area contributed by atoms with Gasteiger partial charge in [0.05, 0.1) is 0 Å². The minimum Gasteiger partial charge on any atom is -0.480 e. The van der Waals surface area contributed by atoms with E-state index in [1.807, 2.05) is 0 Å². The molecule has 6 nitrogen and oxygen atoms in total. The molecule has 0 aromatic rings. The summed E-state index contributed by atoms with van der Waals surface area (Å²) in [6.07, 6.45) is 3.14. The van der Waals surface area contributed by atoms with Gasteiger partial charge in [-0.05, 0) is 37.6 Å². The number of hydrogen-bond acceptors (Lipinski definition) is 3. The average Bonchev–Trinajstić information content (AvgIpc) is 3.01. The predicted octanol–water partition coefficient (Wildman–Crippen LogP) is 0.184. The summed E-state index contributed by atoms with van der Waals surface area (Å²) in [6.45, 7) is 2.33. The average molecular weight is 255 g/mol. The first-order valence-corrected chi connectivity index (χ1v) is 6.56. The van der Waals surface area contributed by atoms with Crippen molar-refractivity contribution in [1.29, 1.82) is 0 Å². The van der Waals surface area contributed by atoms with E-state index in [9.17, 15) is 9.59 Å². The minimum absolute atomic E-state index is 0.139. The smallest absolute Gasteiger partial charge is 0.323 e. The summed E-state index contributed by atoms with van der Waals surface area (Å²) in [5, 5.41) is 8.87. The normalized spacial score (nSPS) is 23.2. The molecule has 0 spiro atoms. The van der Waals surface area contributed by atoms with Crippen molar-refractivity contribution in [3.63, 3.8) is 0 Å². The molecule has 0 aromatic heterocycles. The first-order chi connectivity index (χ1) is 8.60. The molecule has 1 atom stereocenters. The van der Waals surface area contributed by atoms with Gasteiger partial charge in [0.15, 0.2) is 0 Å². The first kappa shape index (κ1) is 13.1. The number of carbonyl (C=O) groups is 2. The van der Waals surface area contributed by atoms with Crippen molar-refractivity contribution in [2.24, 2.45) is 17.6 Å². The fraction of sp³-hybridized carbons (Fsp3) is 0.833. The molecule has 2 aliphatic rings. The van der Waals surface area contributed by atoms with E-state index in [0.29, 0.717) is 38.0 Å². The second-order valence-corrected chi connectivity index (χ2v) is 5.34. The van der Waals surface area contributed by atoms with Crippen LogP contribution in [-0.4, -0.2) is 59.6 Å². The molecule has 1 aliphatic carbocycles. The second kappa shape index (κ2) is 5.56.